The number of nitrogen functional groups attached to an aromatic ring is 1. The van der Waals surface area contributed by atoms with Gasteiger partial charge in [-0.3, -0.25) is 0 Å². The lowest BCUT2D eigenvalue weighted by molar-refractivity contribution is 0.628. The molecule has 0 radical (unpaired) electrons. The third kappa shape index (κ3) is 3.48. The van der Waals surface area contributed by atoms with Gasteiger partial charge in [-0.15, -0.1) is 0 Å². The number of hydrogen-bond donors (Lipinski definition) is 1. The molecule has 0 fully saturated rings. The molecule has 0 bridgehead atoms. The van der Waals surface area contributed by atoms with Gasteiger partial charge >= 0.3 is 0 Å². The first kappa shape index (κ1) is 13.0. The van der Waals surface area contributed by atoms with E-state index in [0.29, 0.717) is 12.2 Å². The van der Waals surface area contributed by atoms with Gasteiger partial charge in [0.25, 0.3) is 0 Å². The van der Waals surface area contributed by atoms with Gasteiger partial charge in [0.15, 0.2) is 0 Å². The molecule has 0 saturated carbocycles. The summed E-state index contributed by atoms with van der Waals surface area (Å²) in [5, 5.41) is 0. The molecule has 0 aliphatic carbocycles. The molecular weight excluding hydrogens is 215 g/mol. The van der Waals surface area contributed by atoms with Crippen LogP contribution in [0.2, 0.25) is 0 Å². The quantitative estimate of drug-likeness (QED) is 0.624. The number of nitrogens with zero attached hydrogens (tertiary/aromatic N) is 1. The number of halogens is 1. The van der Waals surface area contributed by atoms with E-state index in [1.807, 2.05) is 18.0 Å². The number of nitrogens with two attached hydrogens (primary N) is 1. The lowest BCUT2D eigenvalue weighted by atomic mass is 10.2. The number of hydrogen-bond acceptors (Lipinski definition) is 2. The van der Waals surface area contributed by atoms with Crippen LogP contribution in [0.1, 0.15) is 0 Å². The molecule has 0 spiro atoms. The fourth-order valence-corrected chi connectivity index (χ4v) is 1.57. The first-order valence-electron chi connectivity index (χ1n) is 5.28. The summed E-state index contributed by atoms with van der Waals surface area (Å²) in [6.45, 7) is 8.01. The highest BCUT2D eigenvalue weighted by Crippen LogP contribution is 2.23. The van der Waals surface area contributed by atoms with Crippen LogP contribution in [0, 0.1) is 5.82 Å². The summed E-state index contributed by atoms with van der Waals surface area (Å²) < 4.78 is 12.9. The van der Waals surface area contributed by atoms with Gasteiger partial charge in [0, 0.05) is 13.6 Å². The Morgan fingerprint density at radius 3 is 2.71 bits per heavy atom. The SMILES string of the molecule is C=C/C=C(\C=C)CN(C)c1ccc(F)cc1N. The Kier molecular flexibility index (Phi) is 4.52. The molecule has 2 nitrogen and oxygen atoms in total. The van der Waals surface area contributed by atoms with E-state index >= 15 is 0 Å². The Morgan fingerprint density at radius 1 is 1.47 bits per heavy atom. The molecule has 0 saturated heterocycles. The van der Waals surface area contributed by atoms with E-state index in [-0.39, 0.29) is 5.82 Å². The lowest BCUT2D eigenvalue weighted by Crippen LogP contribution is -2.20. The fraction of sp³-hybridized carbons (Fsp3) is 0.143. The third-order valence-corrected chi connectivity index (χ3v) is 2.41. The van der Waals surface area contributed by atoms with Crippen LogP contribution in [-0.4, -0.2) is 13.6 Å². The molecule has 0 aliphatic rings. The number of likely N-dealkylation sites (N-methyl/N-ethyl adjacent to an activating group) is 1. The molecule has 0 unspecified atom stereocenters. The highest BCUT2D eigenvalue weighted by molar-refractivity contribution is 5.67. The first-order chi connectivity index (χ1) is 8.08. The summed E-state index contributed by atoms with van der Waals surface area (Å²) in [5.74, 6) is -0.328. The minimum atomic E-state index is -0.328. The van der Waals surface area contributed by atoms with E-state index in [0.717, 1.165) is 11.3 Å². The van der Waals surface area contributed by atoms with E-state index < -0.39 is 0 Å². The average molecular weight is 232 g/mol. The van der Waals surface area contributed by atoms with Gasteiger partial charge < -0.3 is 10.6 Å². The topological polar surface area (TPSA) is 29.3 Å². The second-order valence-corrected chi connectivity index (χ2v) is 3.74. The number of benzene rings is 1. The normalized spacial score (nSPS) is 11.1. The molecule has 3 heteroatoms. The van der Waals surface area contributed by atoms with Crippen LogP contribution >= 0.6 is 0 Å². The van der Waals surface area contributed by atoms with Crippen molar-refractivity contribution in [3.63, 3.8) is 0 Å². The molecule has 1 aromatic rings. The minimum Gasteiger partial charge on any atom is -0.397 e. The summed E-state index contributed by atoms with van der Waals surface area (Å²) in [7, 11) is 1.89. The van der Waals surface area contributed by atoms with Crippen molar-refractivity contribution in [3.8, 4) is 0 Å². The van der Waals surface area contributed by atoms with Gasteiger partial charge in [0.2, 0.25) is 0 Å². The smallest absolute Gasteiger partial charge is 0.125 e. The van der Waals surface area contributed by atoms with E-state index in [4.69, 9.17) is 5.73 Å². The van der Waals surface area contributed by atoms with Crippen LogP contribution < -0.4 is 10.6 Å². The van der Waals surface area contributed by atoms with Crippen LogP contribution in [0.3, 0.4) is 0 Å². The van der Waals surface area contributed by atoms with Crippen molar-refractivity contribution in [1.82, 2.24) is 0 Å². The van der Waals surface area contributed by atoms with Crippen LogP contribution in [0.4, 0.5) is 15.8 Å². The van der Waals surface area contributed by atoms with Crippen LogP contribution in [-0.2, 0) is 0 Å². The molecule has 0 aromatic heterocycles. The zero-order valence-electron chi connectivity index (χ0n) is 9.99. The summed E-state index contributed by atoms with van der Waals surface area (Å²) in [5.41, 5.74) is 8.01. The summed E-state index contributed by atoms with van der Waals surface area (Å²) in [6.07, 6.45) is 5.35. The predicted molar refractivity (Wildman–Crippen MR) is 72.6 cm³/mol. The van der Waals surface area contributed by atoms with E-state index in [1.165, 1.54) is 12.1 Å². The van der Waals surface area contributed by atoms with Crippen molar-refractivity contribution in [1.29, 1.82) is 0 Å². The first-order valence-corrected chi connectivity index (χ1v) is 5.28. The van der Waals surface area contributed by atoms with Crippen molar-refractivity contribution in [2.24, 2.45) is 0 Å². The Labute approximate surface area is 102 Å². The molecule has 0 atom stereocenters. The molecule has 2 N–H and O–H groups in total. The number of allylic oxidation sites excluding steroid dienone is 2. The summed E-state index contributed by atoms with van der Waals surface area (Å²) in [6, 6.07) is 4.38. The average Bonchev–Trinajstić information content (AvgIpc) is 2.28. The Hall–Kier alpha value is -2.03. The maximum atomic E-state index is 12.9. The van der Waals surface area contributed by atoms with Crippen molar-refractivity contribution >= 4 is 11.4 Å². The zero-order valence-corrected chi connectivity index (χ0v) is 9.99. The Bertz CT molecular complexity index is 450. The predicted octanol–water partition coefficient (Wildman–Crippen LogP) is 3.14. The maximum absolute atomic E-state index is 12.9. The van der Waals surface area contributed by atoms with Gasteiger partial charge in [-0.05, 0) is 23.8 Å². The zero-order chi connectivity index (χ0) is 12.8. The standard InChI is InChI=1S/C14H17FN2/c1-4-6-11(5-2)10-17(3)14-8-7-12(15)9-13(14)16/h4-9H,1-2,10,16H2,3H3/b11-6+. The molecule has 0 amide bonds. The van der Waals surface area contributed by atoms with Gasteiger partial charge in [-0.1, -0.05) is 31.4 Å². The second kappa shape index (κ2) is 5.89. The molecule has 1 rings (SSSR count). The van der Waals surface area contributed by atoms with Crippen molar-refractivity contribution < 1.29 is 4.39 Å². The van der Waals surface area contributed by atoms with Gasteiger partial charge in [-0.25, -0.2) is 4.39 Å². The van der Waals surface area contributed by atoms with Crippen LogP contribution in [0.5, 0.6) is 0 Å². The van der Waals surface area contributed by atoms with Crippen molar-refractivity contribution in [2.45, 2.75) is 0 Å². The minimum absolute atomic E-state index is 0.328. The summed E-state index contributed by atoms with van der Waals surface area (Å²) in [4.78, 5) is 1.94. The number of anilines is 2. The highest BCUT2D eigenvalue weighted by atomic mass is 19.1. The second-order valence-electron chi connectivity index (χ2n) is 3.74. The largest absolute Gasteiger partial charge is 0.397 e. The maximum Gasteiger partial charge on any atom is 0.125 e. The lowest BCUT2D eigenvalue weighted by Gasteiger charge is -2.21. The van der Waals surface area contributed by atoms with Gasteiger partial charge in [-0.2, -0.15) is 0 Å². The third-order valence-electron chi connectivity index (χ3n) is 2.41. The van der Waals surface area contributed by atoms with E-state index in [9.17, 15) is 4.39 Å². The van der Waals surface area contributed by atoms with Crippen molar-refractivity contribution in [3.05, 3.63) is 61.0 Å². The summed E-state index contributed by atoms with van der Waals surface area (Å²) >= 11 is 0. The highest BCUT2D eigenvalue weighted by Gasteiger charge is 2.06. The molecule has 90 valence electrons. The molecule has 0 aliphatic heterocycles. The molecule has 0 heterocycles. The molecule has 17 heavy (non-hydrogen) atoms. The van der Waals surface area contributed by atoms with E-state index in [2.05, 4.69) is 13.2 Å². The monoisotopic (exact) mass is 232 g/mol. The van der Waals surface area contributed by atoms with Gasteiger partial charge in [0.05, 0.1) is 11.4 Å². The van der Waals surface area contributed by atoms with Crippen LogP contribution in [0.25, 0.3) is 0 Å². The van der Waals surface area contributed by atoms with Crippen LogP contribution in [0.15, 0.2) is 55.2 Å². The number of rotatable bonds is 5. The Balaban J connectivity index is 2.89. The Morgan fingerprint density at radius 2 is 2.18 bits per heavy atom. The van der Waals surface area contributed by atoms with Crippen molar-refractivity contribution in [2.75, 3.05) is 24.2 Å². The molecule has 1 aromatic carbocycles. The van der Waals surface area contributed by atoms with E-state index in [1.54, 1.807) is 18.2 Å². The molecular formula is C14H17FN2. The van der Waals surface area contributed by atoms with Gasteiger partial charge in [0.1, 0.15) is 5.82 Å². The fourth-order valence-electron chi connectivity index (χ4n) is 1.57.